The van der Waals surface area contributed by atoms with Crippen molar-refractivity contribution in [2.75, 3.05) is 0 Å². The average molecular weight is 297 g/mol. The predicted molar refractivity (Wildman–Crippen MR) is 77.1 cm³/mol. The Morgan fingerprint density at radius 2 is 2.00 bits per heavy atom. The minimum atomic E-state index is -0.994. The minimum absolute atomic E-state index is 0.192. The van der Waals surface area contributed by atoms with Crippen LogP contribution in [0.5, 0.6) is 0 Å². The molecule has 0 unspecified atom stereocenters. The van der Waals surface area contributed by atoms with Gasteiger partial charge in [0.15, 0.2) is 0 Å². The summed E-state index contributed by atoms with van der Waals surface area (Å²) in [6.07, 6.45) is 1.04. The molecule has 2 rings (SSSR count). The van der Waals surface area contributed by atoms with Gasteiger partial charge in [0.05, 0.1) is 17.8 Å². The molecule has 0 spiro atoms. The molecular weight excluding hydrogens is 286 g/mol. The Balaban J connectivity index is 2.05. The molecule has 0 saturated heterocycles. The predicted octanol–water partition coefficient (Wildman–Crippen LogP) is 2.01. The summed E-state index contributed by atoms with van der Waals surface area (Å²) in [6.45, 7) is 0. The third-order valence-corrected chi connectivity index (χ3v) is 2.66. The van der Waals surface area contributed by atoms with Crippen LogP contribution in [-0.2, 0) is 4.79 Å². The number of nitrogens with one attached hydrogen (secondary N) is 1. The van der Waals surface area contributed by atoms with Crippen molar-refractivity contribution < 1.29 is 19.1 Å². The summed E-state index contributed by atoms with van der Waals surface area (Å²) in [6, 6.07) is 11.3. The molecule has 0 radical (unpaired) electrons. The van der Waals surface area contributed by atoms with Gasteiger partial charge in [-0.05, 0) is 24.3 Å². The van der Waals surface area contributed by atoms with Crippen molar-refractivity contribution in [2.24, 2.45) is 5.10 Å². The zero-order chi connectivity index (χ0) is 15.9. The summed E-state index contributed by atoms with van der Waals surface area (Å²) in [5, 5.41) is 20.8. The first-order valence-corrected chi connectivity index (χ1v) is 6.22. The van der Waals surface area contributed by atoms with Crippen LogP contribution in [0.1, 0.15) is 22.5 Å². The van der Waals surface area contributed by atoms with Gasteiger partial charge in [-0.2, -0.15) is 10.4 Å². The second kappa shape index (κ2) is 6.85. The Kier molecular flexibility index (Phi) is 4.67. The normalized spacial score (nSPS) is 10.3. The Morgan fingerprint density at radius 3 is 2.64 bits per heavy atom. The maximum atomic E-state index is 11.0. The van der Waals surface area contributed by atoms with Crippen molar-refractivity contribution in [2.45, 2.75) is 6.42 Å². The van der Waals surface area contributed by atoms with E-state index in [4.69, 9.17) is 14.8 Å². The van der Waals surface area contributed by atoms with E-state index < -0.39 is 11.9 Å². The molecule has 0 atom stereocenters. The van der Waals surface area contributed by atoms with Crippen LogP contribution in [-0.4, -0.2) is 23.2 Å². The van der Waals surface area contributed by atoms with E-state index in [0.29, 0.717) is 11.5 Å². The highest BCUT2D eigenvalue weighted by atomic mass is 16.4. The van der Waals surface area contributed by atoms with Gasteiger partial charge in [-0.15, -0.1) is 0 Å². The molecule has 1 aromatic heterocycles. The van der Waals surface area contributed by atoms with E-state index in [0.717, 1.165) is 5.56 Å². The first-order chi connectivity index (χ1) is 10.6. The number of carboxylic acids is 1. The van der Waals surface area contributed by atoms with E-state index in [1.807, 2.05) is 0 Å². The fourth-order valence-corrected chi connectivity index (χ4v) is 1.63. The van der Waals surface area contributed by atoms with Crippen molar-refractivity contribution in [1.29, 1.82) is 5.26 Å². The lowest BCUT2D eigenvalue weighted by molar-refractivity contribution is -0.120. The second-order valence-electron chi connectivity index (χ2n) is 4.21. The Labute approximate surface area is 125 Å². The van der Waals surface area contributed by atoms with Gasteiger partial charge in [-0.3, -0.25) is 4.79 Å². The highest BCUT2D eigenvalue weighted by molar-refractivity contribution is 5.88. The molecule has 7 heteroatoms. The largest absolute Gasteiger partial charge is 0.478 e. The van der Waals surface area contributed by atoms with E-state index in [1.165, 1.54) is 18.3 Å². The number of carbonyl (C=O) groups excluding carboxylic acids is 1. The SMILES string of the molecule is N#CCC(=O)N/N=C\c1ccc(-c2ccc(C(=O)O)cc2)o1. The number of amides is 1. The van der Waals surface area contributed by atoms with Gasteiger partial charge < -0.3 is 9.52 Å². The molecule has 0 saturated carbocycles. The molecule has 2 N–H and O–H groups in total. The van der Waals surface area contributed by atoms with Gasteiger partial charge in [0, 0.05) is 5.56 Å². The number of nitrogens with zero attached hydrogens (tertiary/aromatic N) is 2. The van der Waals surface area contributed by atoms with Crippen LogP contribution in [0.4, 0.5) is 0 Å². The number of benzene rings is 1. The fourth-order valence-electron chi connectivity index (χ4n) is 1.63. The number of furan rings is 1. The summed E-state index contributed by atoms with van der Waals surface area (Å²) in [7, 11) is 0. The van der Waals surface area contributed by atoms with Crippen LogP contribution in [0, 0.1) is 11.3 Å². The summed E-state index contributed by atoms with van der Waals surface area (Å²) in [4.78, 5) is 21.8. The monoisotopic (exact) mass is 297 g/mol. The van der Waals surface area contributed by atoms with Crippen LogP contribution in [0.15, 0.2) is 45.9 Å². The molecule has 1 heterocycles. The van der Waals surface area contributed by atoms with E-state index >= 15 is 0 Å². The number of hydrogen-bond donors (Lipinski definition) is 2. The van der Waals surface area contributed by atoms with Crippen molar-refractivity contribution in [1.82, 2.24) is 5.43 Å². The number of carboxylic acid groups (broad SMARTS) is 1. The smallest absolute Gasteiger partial charge is 0.335 e. The second-order valence-corrected chi connectivity index (χ2v) is 4.21. The molecule has 110 valence electrons. The minimum Gasteiger partial charge on any atom is -0.478 e. The van der Waals surface area contributed by atoms with Crippen LogP contribution < -0.4 is 5.43 Å². The standard InChI is InChI=1S/C15H11N3O4/c16-8-7-14(19)18-17-9-12-5-6-13(22-12)10-1-3-11(4-2-10)15(20)21/h1-6,9H,7H2,(H,18,19)(H,20,21)/b17-9-. The summed E-state index contributed by atoms with van der Waals surface area (Å²) >= 11 is 0. The van der Waals surface area contributed by atoms with Crippen molar-refractivity contribution in [3.63, 3.8) is 0 Å². The van der Waals surface area contributed by atoms with Gasteiger partial charge in [0.1, 0.15) is 17.9 Å². The molecule has 2 aromatic rings. The maximum absolute atomic E-state index is 11.0. The van der Waals surface area contributed by atoms with E-state index in [2.05, 4.69) is 10.5 Å². The van der Waals surface area contributed by atoms with Gasteiger partial charge in [0.2, 0.25) is 0 Å². The van der Waals surface area contributed by atoms with Crippen LogP contribution in [0.3, 0.4) is 0 Å². The summed E-state index contributed by atoms with van der Waals surface area (Å²) in [5.74, 6) is -0.543. The topological polar surface area (TPSA) is 116 Å². The molecular formula is C15H11N3O4. The lowest BCUT2D eigenvalue weighted by Crippen LogP contribution is -2.15. The lowest BCUT2D eigenvalue weighted by Gasteiger charge is -1.98. The Bertz CT molecular complexity index is 754. The number of nitriles is 1. The van der Waals surface area contributed by atoms with E-state index in [1.54, 1.807) is 30.3 Å². The zero-order valence-electron chi connectivity index (χ0n) is 11.3. The van der Waals surface area contributed by atoms with E-state index in [9.17, 15) is 9.59 Å². The summed E-state index contributed by atoms with van der Waals surface area (Å²) < 4.78 is 5.50. The molecule has 7 nitrogen and oxygen atoms in total. The molecule has 22 heavy (non-hydrogen) atoms. The fraction of sp³-hybridized carbons (Fsp3) is 0.0667. The van der Waals surface area contributed by atoms with Crippen LogP contribution >= 0.6 is 0 Å². The average Bonchev–Trinajstić information content (AvgIpc) is 2.96. The van der Waals surface area contributed by atoms with Crippen molar-refractivity contribution in [3.8, 4) is 17.4 Å². The number of carbonyl (C=O) groups is 2. The third-order valence-electron chi connectivity index (χ3n) is 2.66. The molecule has 1 amide bonds. The molecule has 0 aliphatic heterocycles. The summed E-state index contributed by atoms with van der Waals surface area (Å²) in [5.41, 5.74) is 3.10. The molecule has 0 aliphatic rings. The molecule has 0 bridgehead atoms. The van der Waals surface area contributed by atoms with Crippen molar-refractivity contribution >= 4 is 18.1 Å². The number of hydrazone groups is 1. The lowest BCUT2D eigenvalue weighted by atomic mass is 10.1. The highest BCUT2D eigenvalue weighted by Crippen LogP contribution is 2.22. The van der Waals surface area contributed by atoms with Crippen LogP contribution in [0.2, 0.25) is 0 Å². The van der Waals surface area contributed by atoms with Gasteiger partial charge >= 0.3 is 5.97 Å². The van der Waals surface area contributed by atoms with Gasteiger partial charge in [0.25, 0.3) is 5.91 Å². The van der Waals surface area contributed by atoms with Crippen molar-refractivity contribution in [3.05, 3.63) is 47.7 Å². The Morgan fingerprint density at radius 1 is 1.27 bits per heavy atom. The molecule has 0 fully saturated rings. The number of aromatic carboxylic acids is 1. The molecule has 1 aromatic carbocycles. The Hall–Kier alpha value is -3.40. The van der Waals surface area contributed by atoms with Gasteiger partial charge in [-0.1, -0.05) is 12.1 Å². The van der Waals surface area contributed by atoms with E-state index in [-0.39, 0.29) is 12.0 Å². The maximum Gasteiger partial charge on any atom is 0.335 e. The highest BCUT2D eigenvalue weighted by Gasteiger charge is 2.06. The number of rotatable bonds is 5. The number of hydrogen-bond acceptors (Lipinski definition) is 5. The third kappa shape index (κ3) is 3.80. The first kappa shape index (κ1) is 15.0. The molecule has 0 aliphatic carbocycles. The zero-order valence-corrected chi connectivity index (χ0v) is 11.3. The van der Waals surface area contributed by atoms with Crippen LogP contribution in [0.25, 0.3) is 11.3 Å². The quantitative estimate of drug-likeness (QED) is 0.647. The first-order valence-electron chi connectivity index (χ1n) is 6.22. The van der Waals surface area contributed by atoms with Gasteiger partial charge in [-0.25, -0.2) is 10.2 Å².